The Kier molecular flexibility index (Phi) is 7.54. The summed E-state index contributed by atoms with van der Waals surface area (Å²) in [6.45, 7) is 2.72. The highest BCUT2D eigenvalue weighted by molar-refractivity contribution is 7.99. The van der Waals surface area contributed by atoms with Crippen LogP contribution >= 0.6 is 11.8 Å². The van der Waals surface area contributed by atoms with E-state index in [1.54, 1.807) is 54.6 Å². The van der Waals surface area contributed by atoms with Gasteiger partial charge in [-0.25, -0.2) is 4.79 Å². The van der Waals surface area contributed by atoms with E-state index >= 15 is 0 Å². The summed E-state index contributed by atoms with van der Waals surface area (Å²) in [5, 5.41) is 11.1. The first-order valence-electron chi connectivity index (χ1n) is 11.1. The topological polar surface area (TPSA) is 119 Å². The van der Waals surface area contributed by atoms with Gasteiger partial charge in [-0.05, 0) is 30.0 Å². The highest BCUT2D eigenvalue weighted by atomic mass is 32.2. The van der Waals surface area contributed by atoms with Gasteiger partial charge in [-0.3, -0.25) is 19.3 Å². The second-order valence-electron chi connectivity index (χ2n) is 8.04. The molecule has 0 aliphatic carbocycles. The fourth-order valence-electron chi connectivity index (χ4n) is 4.24. The van der Waals surface area contributed by atoms with Crippen LogP contribution in [0, 0.1) is 0 Å². The van der Waals surface area contributed by atoms with Crippen molar-refractivity contribution >= 4 is 35.5 Å². The van der Waals surface area contributed by atoms with Gasteiger partial charge in [0.05, 0.1) is 16.7 Å². The highest BCUT2D eigenvalue weighted by Gasteiger charge is 2.55. The number of nitrogens with zero attached hydrogens (tertiary/aromatic N) is 1. The number of hydrogen-bond donors (Lipinski definition) is 1. The van der Waals surface area contributed by atoms with Crippen molar-refractivity contribution in [1.82, 2.24) is 4.90 Å². The average molecular weight is 500 g/mol. The molecular formula is C25H25NO8S. The lowest BCUT2D eigenvalue weighted by atomic mass is 9.96. The Bertz CT molecular complexity index is 1090. The molecule has 4 rings (SSSR count). The van der Waals surface area contributed by atoms with Crippen LogP contribution in [0.15, 0.2) is 54.6 Å². The minimum absolute atomic E-state index is 0.229. The number of carbonyl (C=O) groups is 4. The van der Waals surface area contributed by atoms with Gasteiger partial charge in [0.2, 0.25) is 0 Å². The number of esters is 2. The maximum Gasteiger partial charge on any atom is 0.338 e. The van der Waals surface area contributed by atoms with Crippen LogP contribution in [0.2, 0.25) is 0 Å². The third-order valence-corrected chi connectivity index (χ3v) is 6.84. The number of aliphatic hydroxyl groups excluding tert-OH is 1. The van der Waals surface area contributed by atoms with Crippen molar-refractivity contribution in [1.29, 1.82) is 0 Å². The van der Waals surface area contributed by atoms with Gasteiger partial charge in [-0.2, -0.15) is 0 Å². The van der Waals surface area contributed by atoms with E-state index in [1.165, 1.54) is 18.7 Å². The van der Waals surface area contributed by atoms with E-state index < -0.39 is 53.5 Å². The van der Waals surface area contributed by atoms with Crippen molar-refractivity contribution in [2.45, 2.75) is 43.6 Å². The van der Waals surface area contributed by atoms with Gasteiger partial charge in [-0.15, -0.1) is 11.8 Å². The van der Waals surface area contributed by atoms with Crippen LogP contribution in [-0.4, -0.2) is 75.9 Å². The molecule has 1 fully saturated rings. The quantitative estimate of drug-likeness (QED) is 0.452. The van der Waals surface area contributed by atoms with Gasteiger partial charge < -0.3 is 19.3 Å². The number of rotatable bonds is 7. The van der Waals surface area contributed by atoms with Crippen molar-refractivity contribution in [2.75, 3.05) is 12.4 Å². The van der Waals surface area contributed by atoms with E-state index in [2.05, 4.69) is 0 Å². The molecule has 0 bridgehead atoms. The number of benzene rings is 2. The zero-order chi connectivity index (χ0) is 25.1. The summed E-state index contributed by atoms with van der Waals surface area (Å²) in [5.74, 6) is -1.87. The molecule has 0 spiro atoms. The first kappa shape index (κ1) is 24.9. The molecule has 10 heteroatoms. The first-order valence-corrected chi connectivity index (χ1v) is 12.2. The molecule has 2 aromatic rings. The van der Waals surface area contributed by atoms with Gasteiger partial charge >= 0.3 is 11.9 Å². The van der Waals surface area contributed by atoms with Gasteiger partial charge in [-0.1, -0.05) is 37.3 Å². The van der Waals surface area contributed by atoms with E-state index in [0.29, 0.717) is 11.3 Å². The molecule has 184 valence electrons. The zero-order valence-corrected chi connectivity index (χ0v) is 20.0. The Morgan fingerprint density at radius 1 is 1.03 bits per heavy atom. The van der Waals surface area contributed by atoms with Gasteiger partial charge in [0.1, 0.15) is 30.3 Å². The molecule has 35 heavy (non-hydrogen) atoms. The molecule has 1 saturated heterocycles. The summed E-state index contributed by atoms with van der Waals surface area (Å²) in [6.07, 6.45) is -3.80. The summed E-state index contributed by atoms with van der Waals surface area (Å²) in [7, 11) is 0. The van der Waals surface area contributed by atoms with E-state index in [9.17, 15) is 24.3 Å². The zero-order valence-electron chi connectivity index (χ0n) is 19.2. The van der Waals surface area contributed by atoms with Gasteiger partial charge in [0.15, 0.2) is 6.10 Å². The van der Waals surface area contributed by atoms with Crippen LogP contribution in [0.5, 0.6) is 0 Å². The molecule has 9 nitrogen and oxygen atoms in total. The molecule has 2 heterocycles. The van der Waals surface area contributed by atoms with Crippen LogP contribution in [0.1, 0.15) is 44.9 Å². The highest BCUT2D eigenvalue weighted by Crippen LogP contribution is 2.37. The standard InChI is InChI=1S/C25H25NO8S/c1-3-35-25-19(26-22(29)16-11-7-8-12-17(16)23(26)30)21(33-14(2)27)20(28)18(34-25)13-32-24(31)15-9-5-4-6-10-15/h4-12,18-21,25,28H,3,13H2,1-2H3/t18-,19-,20+,21-,25+/m1/s1. The summed E-state index contributed by atoms with van der Waals surface area (Å²) < 4.78 is 16.9. The maximum atomic E-state index is 13.2. The number of thioether (sulfide) groups is 1. The third kappa shape index (κ3) is 4.95. The second-order valence-corrected chi connectivity index (χ2v) is 9.42. The number of amides is 2. The van der Waals surface area contributed by atoms with Crippen molar-refractivity contribution in [2.24, 2.45) is 0 Å². The molecule has 2 aliphatic heterocycles. The summed E-state index contributed by atoms with van der Waals surface area (Å²) in [6, 6.07) is 13.6. The molecule has 5 atom stereocenters. The number of hydrogen-bond acceptors (Lipinski definition) is 9. The lowest BCUT2D eigenvalue weighted by molar-refractivity contribution is -0.201. The smallest absolute Gasteiger partial charge is 0.338 e. The Hall–Kier alpha value is -3.21. The lowest BCUT2D eigenvalue weighted by Gasteiger charge is -2.46. The first-order chi connectivity index (χ1) is 16.8. The molecule has 2 aliphatic rings. The molecule has 2 amide bonds. The monoisotopic (exact) mass is 499 g/mol. The van der Waals surface area contributed by atoms with E-state index in [1.807, 2.05) is 6.92 Å². The number of carbonyl (C=O) groups excluding carboxylic acids is 4. The average Bonchev–Trinajstić information content (AvgIpc) is 3.10. The Morgan fingerprint density at radius 2 is 1.63 bits per heavy atom. The van der Waals surface area contributed by atoms with Crippen molar-refractivity contribution in [3.8, 4) is 0 Å². The maximum absolute atomic E-state index is 13.2. The normalized spacial score (nSPS) is 25.8. The summed E-state index contributed by atoms with van der Waals surface area (Å²) in [4.78, 5) is 51.8. The van der Waals surface area contributed by atoms with E-state index in [0.717, 1.165) is 4.90 Å². The second kappa shape index (κ2) is 10.6. The van der Waals surface area contributed by atoms with Crippen molar-refractivity contribution in [3.05, 3.63) is 71.3 Å². The van der Waals surface area contributed by atoms with E-state index in [4.69, 9.17) is 14.2 Å². The summed E-state index contributed by atoms with van der Waals surface area (Å²) in [5.41, 5.74) is -0.0476. The number of imide groups is 1. The number of aliphatic hydroxyl groups is 1. The number of ether oxygens (including phenoxy) is 3. The van der Waals surface area contributed by atoms with Gasteiger partial charge in [0, 0.05) is 6.92 Å². The molecule has 0 radical (unpaired) electrons. The fourth-order valence-corrected chi connectivity index (χ4v) is 5.26. The Morgan fingerprint density at radius 3 is 2.20 bits per heavy atom. The molecule has 0 aromatic heterocycles. The molecule has 1 N–H and O–H groups in total. The minimum atomic E-state index is -1.47. The predicted octanol–water partition coefficient (Wildman–Crippen LogP) is 2.28. The molecular weight excluding hydrogens is 474 g/mol. The number of fused-ring (bicyclic) bond motifs is 1. The fraction of sp³-hybridized carbons (Fsp3) is 0.360. The van der Waals surface area contributed by atoms with Crippen molar-refractivity contribution < 1.29 is 38.5 Å². The van der Waals surface area contributed by atoms with Crippen LogP contribution in [0.25, 0.3) is 0 Å². The lowest BCUT2D eigenvalue weighted by Crippen LogP contribution is -2.65. The van der Waals surface area contributed by atoms with Crippen LogP contribution < -0.4 is 0 Å². The SMILES string of the molecule is CCS[C@@H]1O[C@H](COC(=O)c2ccccc2)[C@H](O)[C@H](OC(C)=O)[C@H]1N1C(=O)c2ccccc2C1=O. The minimum Gasteiger partial charge on any atom is -0.459 e. The van der Waals surface area contributed by atoms with Crippen LogP contribution in [0.4, 0.5) is 0 Å². The third-order valence-electron chi connectivity index (χ3n) is 5.79. The van der Waals surface area contributed by atoms with E-state index in [-0.39, 0.29) is 17.7 Å². The van der Waals surface area contributed by atoms with Crippen LogP contribution in [-0.2, 0) is 19.0 Å². The molecule has 0 unspecified atom stereocenters. The Balaban J connectivity index is 1.61. The van der Waals surface area contributed by atoms with Crippen molar-refractivity contribution in [3.63, 3.8) is 0 Å². The van der Waals surface area contributed by atoms with Gasteiger partial charge in [0.25, 0.3) is 11.8 Å². The predicted molar refractivity (Wildman–Crippen MR) is 126 cm³/mol. The Labute approximate surface area is 206 Å². The largest absolute Gasteiger partial charge is 0.459 e. The van der Waals surface area contributed by atoms with Crippen LogP contribution in [0.3, 0.4) is 0 Å². The summed E-state index contributed by atoms with van der Waals surface area (Å²) >= 11 is 1.29. The molecule has 2 aromatic carbocycles. The molecule has 0 saturated carbocycles.